The Kier molecular flexibility index (Phi) is 3.92. The van der Waals surface area contributed by atoms with Crippen LogP contribution in [0, 0.1) is 11.3 Å². The van der Waals surface area contributed by atoms with Crippen LogP contribution in [0.5, 0.6) is 0 Å². The molecule has 0 radical (unpaired) electrons. The van der Waals surface area contributed by atoms with Gasteiger partial charge in [0, 0.05) is 24.7 Å². The highest BCUT2D eigenvalue weighted by Gasteiger charge is 2.41. The summed E-state index contributed by atoms with van der Waals surface area (Å²) in [5, 5.41) is 3.70. The summed E-state index contributed by atoms with van der Waals surface area (Å²) in [5.41, 5.74) is 0.580. The standard InChI is InChI=1S/C17H32N2/c1-13-11-17(2,3)9-8-16(13)19(15-6-7-15)12-14-5-4-10-18-14/h13-16,18H,4-12H2,1-3H3. The molecular formula is C17H32N2. The molecule has 0 amide bonds. The molecule has 0 spiro atoms. The largest absolute Gasteiger partial charge is 0.313 e. The van der Waals surface area contributed by atoms with E-state index in [1.165, 1.54) is 58.0 Å². The monoisotopic (exact) mass is 264 g/mol. The highest BCUT2D eigenvalue weighted by atomic mass is 15.2. The number of hydrogen-bond donors (Lipinski definition) is 1. The lowest BCUT2D eigenvalue weighted by Crippen LogP contribution is -2.50. The molecule has 19 heavy (non-hydrogen) atoms. The molecule has 1 heterocycles. The molecular weight excluding hydrogens is 232 g/mol. The molecule has 3 atom stereocenters. The average Bonchev–Trinajstić information content (AvgIpc) is 3.04. The van der Waals surface area contributed by atoms with Crippen molar-refractivity contribution in [3.8, 4) is 0 Å². The van der Waals surface area contributed by atoms with Crippen LogP contribution in [0.1, 0.15) is 65.7 Å². The molecule has 110 valence electrons. The molecule has 3 fully saturated rings. The number of nitrogens with one attached hydrogen (secondary N) is 1. The molecule has 0 aromatic carbocycles. The van der Waals surface area contributed by atoms with Crippen molar-refractivity contribution in [2.45, 2.75) is 83.8 Å². The predicted octanol–water partition coefficient (Wildman–Crippen LogP) is 3.42. The van der Waals surface area contributed by atoms with Gasteiger partial charge in [0.25, 0.3) is 0 Å². The second-order valence-electron chi connectivity index (χ2n) is 8.17. The van der Waals surface area contributed by atoms with Crippen molar-refractivity contribution >= 4 is 0 Å². The first kappa shape index (κ1) is 13.9. The SMILES string of the molecule is CC1CC(C)(C)CCC1N(CC1CCCN1)C1CC1. The topological polar surface area (TPSA) is 15.3 Å². The fourth-order valence-corrected chi connectivity index (χ4v) is 4.55. The Labute approximate surface area is 119 Å². The Morgan fingerprint density at radius 2 is 1.95 bits per heavy atom. The summed E-state index contributed by atoms with van der Waals surface area (Å²) >= 11 is 0. The molecule has 2 saturated carbocycles. The third-order valence-corrected chi connectivity index (χ3v) is 5.68. The third-order valence-electron chi connectivity index (χ3n) is 5.68. The minimum atomic E-state index is 0.580. The number of rotatable bonds is 4. The Balaban J connectivity index is 1.63. The third kappa shape index (κ3) is 3.33. The lowest BCUT2D eigenvalue weighted by atomic mass is 9.70. The van der Waals surface area contributed by atoms with Gasteiger partial charge in [0.15, 0.2) is 0 Å². The molecule has 3 unspecified atom stereocenters. The van der Waals surface area contributed by atoms with Crippen LogP contribution in [-0.2, 0) is 0 Å². The van der Waals surface area contributed by atoms with Gasteiger partial charge in [-0.05, 0) is 62.8 Å². The summed E-state index contributed by atoms with van der Waals surface area (Å²) < 4.78 is 0. The van der Waals surface area contributed by atoms with Crippen LogP contribution < -0.4 is 5.32 Å². The minimum Gasteiger partial charge on any atom is -0.313 e. The number of hydrogen-bond acceptors (Lipinski definition) is 2. The molecule has 2 heteroatoms. The highest BCUT2D eigenvalue weighted by molar-refractivity contribution is 4.96. The van der Waals surface area contributed by atoms with Crippen LogP contribution in [-0.4, -0.2) is 36.1 Å². The van der Waals surface area contributed by atoms with Crippen molar-refractivity contribution in [1.82, 2.24) is 10.2 Å². The van der Waals surface area contributed by atoms with Crippen LogP contribution in [0.25, 0.3) is 0 Å². The van der Waals surface area contributed by atoms with Crippen molar-refractivity contribution in [2.75, 3.05) is 13.1 Å². The first-order chi connectivity index (χ1) is 9.05. The maximum absolute atomic E-state index is 3.70. The molecule has 0 bridgehead atoms. The van der Waals surface area contributed by atoms with Crippen LogP contribution in [0.4, 0.5) is 0 Å². The predicted molar refractivity (Wildman–Crippen MR) is 81.3 cm³/mol. The van der Waals surface area contributed by atoms with Gasteiger partial charge in [-0.25, -0.2) is 0 Å². The molecule has 1 saturated heterocycles. The van der Waals surface area contributed by atoms with E-state index in [-0.39, 0.29) is 0 Å². The summed E-state index contributed by atoms with van der Waals surface area (Å²) in [6.07, 6.45) is 9.96. The van der Waals surface area contributed by atoms with Crippen molar-refractivity contribution in [1.29, 1.82) is 0 Å². The molecule has 3 aliphatic rings. The fraction of sp³-hybridized carbons (Fsp3) is 1.00. The van der Waals surface area contributed by atoms with E-state index in [1.807, 2.05) is 0 Å². The minimum absolute atomic E-state index is 0.580. The summed E-state index contributed by atoms with van der Waals surface area (Å²) in [5.74, 6) is 0.880. The maximum atomic E-state index is 3.70. The van der Waals surface area contributed by atoms with Crippen molar-refractivity contribution in [2.24, 2.45) is 11.3 Å². The van der Waals surface area contributed by atoms with Crippen LogP contribution >= 0.6 is 0 Å². The zero-order valence-corrected chi connectivity index (χ0v) is 13.1. The van der Waals surface area contributed by atoms with Crippen molar-refractivity contribution < 1.29 is 0 Å². The van der Waals surface area contributed by atoms with Gasteiger partial charge >= 0.3 is 0 Å². The fourth-order valence-electron chi connectivity index (χ4n) is 4.55. The quantitative estimate of drug-likeness (QED) is 0.837. The van der Waals surface area contributed by atoms with Gasteiger partial charge in [-0.2, -0.15) is 0 Å². The summed E-state index contributed by atoms with van der Waals surface area (Å²) in [6.45, 7) is 9.99. The second kappa shape index (κ2) is 5.37. The van der Waals surface area contributed by atoms with Crippen LogP contribution in [0.15, 0.2) is 0 Å². The van der Waals surface area contributed by atoms with Gasteiger partial charge in [-0.1, -0.05) is 20.8 Å². The van der Waals surface area contributed by atoms with E-state index in [0.29, 0.717) is 5.41 Å². The van der Waals surface area contributed by atoms with E-state index in [4.69, 9.17) is 0 Å². The van der Waals surface area contributed by atoms with Crippen LogP contribution in [0.2, 0.25) is 0 Å². The Hall–Kier alpha value is -0.0800. The van der Waals surface area contributed by atoms with E-state index < -0.39 is 0 Å². The van der Waals surface area contributed by atoms with Gasteiger partial charge < -0.3 is 5.32 Å². The van der Waals surface area contributed by atoms with Gasteiger partial charge in [0.2, 0.25) is 0 Å². The molecule has 0 aromatic heterocycles. The highest BCUT2D eigenvalue weighted by Crippen LogP contribution is 2.43. The second-order valence-corrected chi connectivity index (χ2v) is 8.17. The van der Waals surface area contributed by atoms with Gasteiger partial charge in [0.05, 0.1) is 0 Å². The Bertz CT molecular complexity index is 302. The first-order valence-electron chi connectivity index (χ1n) is 8.54. The molecule has 1 aliphatic heterocycles. The van der Waals surface area contributed by atoms with E-state index in [1.54, 1.807) is 0 Å². The number of nitrogens with zero attached hydrogens (tertiary/aromatic N) is 1. The lowest BCUT2D eigenvalue weighted by molar-refractivity contribution is 0.0495. The lowest BCUT2D eigenvalue weighted by Gasteiger charge is -2.45. The molecule has 1 N–H and O–H groups in total. The molecule has 2 nitrogen and oxygen atoms in total. The normalized spacial score (nSPS) is 38.8. The van der Waals surface area contributed by atoms with Crippen molar-refractivity contribution in [3.05, 3.63) is 0 Å². The first-order valence-corrected chi connectivity index (χ1v) is 8.54. The van der Waals surface area contributed by atoms with Gasteiger partial charge in [-0.15, -0.1) is 0 Å². The van der Waals surface area contributed by atoms with Gasteiger partial charge in [0.1, 0.15) is 0 Å². The van der Waals surface area contributed by atoms with E-state index in [2.05, 4.69) is 31.0 Å². The Morgan fingerprint density at radius 1 is 1.16 bits per heavy atom. The average molecular weight is 264 g/mol. The van der Waals surface area contributed by atoms with E-state index >= 15 is 0 Å². The van der Waals surface area contributed by atoms with Crippen molar-refractivity contribution in [3.63, 3.8) is 0 Å². The zero-order chi connectivity index (χ0) is 13.5. The zero-order valence-electron chi connectivity index (χ0n) is 13.1. The van der Waals surface area contributed by atoms with E-state index in [9.17, 15) is 0 Å². The van der Waals surface area contributed by atoms with Gasteiger partial charge in [-0.3, -0.25) is 4.90 Å². The maximum Gasteiger partial charge on any atom is 0.0195 e. The Morgan fingerprint density at radius 3 is 2.53 bits per heavy atom. The summed E-state index contributed by atoms with van der Waals surface area (Å²) in [4.78, 5) is 2.91. The smallest absolute Gasteiger partial charge is 0.0195 e. The van der Waals surface area contributed by atoms with E-state index in [0.717, 1.165) is 24.0 Å². The molecule has 0 aromatic rings. The summed E-state index contributed by atoms with van der Waals surface area (Å²) in [7, 11) is 0. The molecule has 3 rings (SSSR count). The van der Waals surface area contributed by atoms with Crippen LogP contribution in [0.3, 0.4) is 0 Å². The molecule has 2 aliphatic carbocycles. The summed E-state index contributed by atoms with van der Waals surface area (Å²) in [6, 6.07) is 2.57.